The molecule has 19 heavy (non-hydrogen) atoms. The monoisotopic (exact) mass is 264 g/mol. The summed E-state index contributed by atoms with van der Waals surface area (Å²) in [6.45, 7) is 13.8. The fourth-order valence-electron chi connectivity index (χ4n) is 3.26. The van der Waals surface area contributed by atoms with Gasteiger partial charge in [-0.2, -0.15) is 0 Å². The van der Waals surface area contributed by atoms with Gasteiger partial charge >= 0.3 is 0 Å². The van der Waals surface area contributed by atoms with Crippen LogP contribution in [0.2, 0.25) is 0 Å². The minimum atomic E-state index is 0.550. The van der Waals surface area contributed by atoms with E-state index in [0.29, 0.717) is 24.0 Å². The molecule has 0 saturated carbocycles. The van der Waals surface area contributed by atoms with Crippen LogP contribution in [0.4, 0.5) is 0 Å². The number of nitrogens with one attached hydrogen (secondary N) is 1. The second-order valence-corrected chi connectivity index (χ2v) is 6.71. The Kier molecular flexibility index (Phi) is 6.89. The van der Waals surface area contributed by atoms with E-state index in [1.165, 1.54) is 6.42 Å². The molecule has 1 saturated heterocycles. The van der Waals surface area contributed by atoms with E-state index in [0.717, 1.165) is 31.8 Å². The molecule has 0 spiro atoms. The van der Waals surface area contributed by atoms with Crippen molar-refractivity contribution in [2.45, 2.75) is 72.0 Å². The van der Waals surface area contributed by atoms with Gasteiger partial charge in [-0.1, -0.05) is 34.6 Å². The van der Waals surface area contributed by atoms with Crippen molar-refractivity contribution in [3.8, 4) is 12.3 Å². The van der Waals surface area contributed by atoms with Crippen LogP contribution in [0, 0.1) is 24.2 Å². The standard InChI is InChI=1S/C17H32N2/c1-7-9-16(8-2)19-12-15(10-13(3)4)18-11-17(19)14(5)6/h1,13-18H,8-12H2,2-6H3. The van der Waals surface area contributed by atoms with E-state index in [-0.39, 0.29) is 0 Å². The second-order valence-electron chi connectivity index (χ2n) is 6.71. The number of piperazine rings is 1. The summed E-state index contributed by atoms with van der Waals surface area (Å²) in [5, 5.41) is 3.74. The van der Waals surface area contributed by atoms with Crippen molar-refractivity contribution < 1.29 is 0 Å². The molecule has 0 bridgehead atoms. The number of nitrogens with zero attached hydrogens (tertiary/aromatic N) is 1. The molecule has 1 fully saturated rings. The summed E-state index contributed by atoms with van der Waals surface area (Å²) in [4.78, 5) is 2.69. The van der Waals surface area contributed by atoms with E-state index < -0.39 is 0 Å². The largest absolute Gasteiger partial charge is 0.311 e. The minimum Gasteiger partial charge on any atom is -0.311 e. The molecule has 0 aliphatic carbocycles. The molecule has 2 heteroatoms. The van der Waals surface area contributed by atoms with Crippen LogP contribution >= 0.6 is 0 Å². The summed E-state index contributed by atoms with van der Waals surface area (Å²) in [5.41, 5.74) is 0. The molecule has 1 aliphatic rings. The Labute approximate surface area is 120 Å². The average Bonchev–Trinajstić information content (AvgIpc) is 2.34. The zero-order valence-electron chi connectivity index (χ0n) is 13.4. The molecule has 3 unspecified atom stereocenters. The molecule has 1 aliphatic heterocycles. The number of hydrogen-bond donors (Lipinski definition) is 1. The Balaban J connectivity index is 2.75. The first-order chi connectivity index (χ1) is 8.99. The van der Waals surface area contributed by atoms with Crippen molar-refractivity contribution in [1.29, 1.82) is 0 Å². The smallest absolute Gasteiger partial charge is 0.0247 e. The van der Waals surface area contributed by atoms with Gasteiger partial charge in [-0.3, -0.25) is 4.90 Å². The van der Waals surface area contributed by atoms with E-state index in [1.54, 1.807) is 0 Å². The van der Waals surface area contributed by atoms with Crippen LogP contribution in [-0.4, -0.2) is 36.1 Å². The summed E-state index contributed by atoms with van der Waals surface area (Å²) in [6, 6.07) is 1.80. The highest BCUT2D eigenvalue weighted by Crippen LogP contribution is 2.23. The van der Waals surface area contributed by atoms with Crippen molar-refractivity contribution in [2.75, 3.05) is 13.1 Å². The third-order valence-corrected chi connectivity index (χ3v) is 4.29. The Morgan fingerprint density at radius 2 is 2.00 bits per heavy atom. The molecule has 0 amide bonds. The molecule has 110 valence electrons. The fraction of sp³-hybridized carbons (Fsp3) is 0.882. The van der Waals surface area contributed by atoms with Gasteiger partial charge < -0.3 is 5.32 Å². The number of hydrogen-bond acceptors (Lipinski definition) is 2. The molecule has 1 rings (SSSR count). The lowest BCUT2D eigenvalue weighted by Crippen LogP contribution is -2.61. The van der Waals surface area contributed by atoms with E-state index in [1.807, 2.05) is 0 Å². The van der Waals surface area contributed by atoms with Crippen molar-refractivity contribution in [3.05, 3.63) is 0 Å². The molecule has 3 atom stereocenters. The highest BCUT2D eigenvalue weighted by molar-refractivity contribution is 4.96. The van der Waals surface area contributed by atoms with E-state index in [2.05, 4.69) is 50.8 Å². The lowest BCUT2D eigenvalue weighted by molar-refractivity contribution is 0.0508. The SMILES string of the molecule is C#CCC(CC)N1CC(CC(C)C)NCC1C(C)C. The van der Waals surface area contributed by atoms with Gasteiger partial charge in [-0.25, -0.2) is 0 Å². The molecular formula is C17H32N2. The molecule has 1 heterocycles. The Morgan fingerprint density at radius 1 is 1.32 bits per heavy atom. The number of terminal acetylenes is 1. The first kappa shape index (κ1) is 16.5. The Morgan fingerprint density at radius 3 is 2.47 bits per heavy atom. The zero-order chi connectivity index (χ0) is 14.4. The van der Waals surface area contributed by atoms with E-state index in [4.69, 9.17) is 6.42 Å². The summed E-state index contributed by atoms with van der Waals surface area (Å²) in [7, 11) is 0. The quantitative estimate of drug-likeness (QED) is 0.742. The van der Waals surface area contributed by atoms with Crippen LogP contribution in [-0.2, 0) is 0 Å². The molecule has 2 nitrogen and oxygen atoms in total. The minimum absolute atomic E-state index is 0.550. The van der Waals surface area contributed by atoms with Crippen LogP contribution in [0.5, 0.6) is 0 Å². The second kappa shape index (κ2) is 7.92. The van der Waals surface area contributed by atoms with Crippen molar-refractivity contribution in [2.24, 2.45) is 11.8 Å². The maximum atomic E-state index is 5.56. The van der Waals surface area contributed by atoms with Gasteiger partial charge in [0.1, 0.15) is 0 Å². The molecule has 0 aromatic heterocycles. The normalized spacial score (nSPS) is 26.6. The van der Waals surface area contributed by atoms with Gasteiger partial charge in [-0.15, -0.1) is 12.3 Å². The maximum absolute atomic E-state index is 5.56. The summed E-state index contributed by atoms with van der Waals surface area (Å²) >= 11 is 0. The van der Waals surface area contributed by atoms with Crippen molar-refractivity contribution in [1.82, 2.24) is 10.2 Å². The lowest BCUT2D eigenvalue weighted by atomic mass is 9.92. The molecule has 0 aromatic rings. The van der Waals surface area contributed by atoms with Crippen LogP contribution in [0.3, 0.4) is 0 Å². The highest BCUT2D eigenvalue weighted by atomic mass is 15.3. The topological polar surface area (TPSA) is 15.3 Å². The molecule has 0 aromatic carbocycles. The van der Waals surface area contributed by atoms with E-state index >= 15 is 0 Å². The molecular weight excluding hydrogens is 232 g/mol. The lowest BCUT2D eigenvalue weighted by Gasteiger charge is -2.46. The van der Waals surface area contributed by atoms with Gasteiger partial charge in [-0.05, 0) is 24.7 Å². The van der Waals surface area contributed by atoms with Crippen LogP contribution < -0.4 is 5.32 Å². The summed E-state index contributed by atoms with van der Waals surface area (Å²) in [6.07, 6.45) is 8.85. The van der Waals surface area contributed by atoms with E-state index in [9.17, 15) is 0 Å². The zero-order valence-corrected chi connectivity index (χ0v) is 13.4. The van der Waals surface area contributed by atoms with Crippen molar-refractivity contribution >= 4 is 0 Å². The third kappa shape index (κ3) is 4.82. The predicted molar refractivity (Wildman–Crippen MR) is 84.1 cm³/mol. The van der Waals surface area contributed by atoms with Gasteiger partial charge in [0.2, 0.25) is 0 Å². The fourth-order valence-corrected chi connectivity index (χ4v) is 3.26. The van der Waals surface area contributed by atoms with Crippen LogP contribution in [0.25, 0.3) is 0 Å². The Bertz CT molecular complexity index is 290. The highest BCUT2D eigenvalue weighted by Gasteiger charge is 2.33. The van der Waals surface area contributed by atoms with Gasteiger partial charge in [0.15, 0.2) is 0 Å². The molecule has 1 N–H and O–H groups in total. The number of rotatable bonds is 6. The summed E-state index contributed by atoms with van der Waals surface area (Å²) in [5.74, 6) is 4.30. The third-order valence-electron chi connectivity index (χ3n) is 4.29. The van der Waals surface area contributed by atoms with Crippen LogP contribution in [0.15, 0.2) is 0 Å². The van der Waals surface area contributed by atoms with Gasteiger partial charge in [0.25, 0.3) is 0 Å². The van der Waals surface area contributed by atoms with Crippen LogP contribution in [0.1, 0.15) is 53.9 Å². The molecule has 0 radical (unpaired) electrons. The van der Waals surface area contributed by atoms with Crippen molar-refractivity contribution in [3.63, 3.8) is 0 Å². The Hall–Kier alpha value is -0.520. The maximum Gasteiger partial charge on any atom is 0.0247 e. The van der Waals surface area contributed by atoms with Gasteiger partial charge in [0, 0.05) is 37.6 Å². The average molecular weight is 264 g/mol. The predicted octanol–water partition coefficient (Wildman–Crippen LogP) is 3.13. The van der Waals surface area contributed by atoms with Gasteiger partial charge in [0.05, 0.1) is 0 Å². The first-order valence-corrected chi connectivity index (χ1v) is 7.92. The summed E-state index contributed by atoms with van der Waals surface area (Å²) < 4.78 is 0. The first-order valence-electron chi connectivity index (χ1n) is 7.92.